The van der Waals surface area contributed by atoms with Crippen LogP contribution in [0.1, 0.15) is 28.5 Å². The summed E-state index contributed by atoms with van der Waals surface area (Å²) in [6, 6.07) is 29.1. The van der Waals surface area contributed by atoms with Gasteiger partial charge in [0.05, 0.1) is 19.5 Å². The third kappa shape index (κ3) is 4.93. The van der Waals surface area contributed by atoms with E-state index in [0.29, 0.717) is 0 Å². The Labute approximate surface area is 242 Å². The first-order valence-electron chi connectivity index (χ1n) is 13.4. The van der Waals surface area contributed by atoms with Gasteiger partial charge in [0, 0.05) is 11.8 Å². The highest BCUT2D eigenvalue weighted by Crippen LogP contribution is 2.49. The Hall–Kier alpha value is -3.87. The number of nitrogens with zero attached hydrogens (tertiary/aromatic N) is 1. The first-order valence-corrected chi connectivity index (χ1v) is 15.2. The van der Waals surface area contributed by atoms with Gasteiger partial charge in [0.15, 0.2) is 6.23 Å². The molecule has 3 heterocycles. The Bertz CT molecular complexity index is 1690. The predicted molar refractivity (Wildman–Crippen MR) is 154 cm³/mol. The number of hydrogen-bond donors (Lipinski definition) is 1. The van der Waals surface area contributed by atoms with Gasteiger partial charge in [0.25, 0.3) is 15.7 Å². The summed E-state index contributed by atoms with van der Waals surface area (Å²) in [5.41, 5.74) is -0.965. The molecule has 0 spiro atoms. The fraction of sp³-hybridized carbons (Fsp3) is 0.290. The Morgan fingerprint density at radius 2 is 1.45 bits per heavy atom. The number of fused-ring (bicyclic) bond motifs is 2. The van der Waals surface area contributed by atoms with E-state index in [4.69, 9.17) is 18.4 Å². The normalized spacial score (nSPS) is 23.7. The van der Waals surface area contributed by atoms with Gasteiger partial charge >= 0.3 is 5.69 Å². The Morgan fingerprint density at radius 1 is 0.929 bits per heavy atom. The van der Waals surface area contributed by atoms with Gasteiger partial charge < -0.3 is 14.2 Å². The van der Waals surface area contributed by atoms with Crippen molar-refractivity contribution in [3.63, 3.8) is 0 Å². The number of nitrogens with one attached hydrogen (secondary N) is 1. The Kier molecular flexibility index (Phi) is 7.24. The van der Waals surface area contributed by atoms with Crippen molar-refractivity contribution in [2.75, 3.05) is 19.5 Å². The highest BCUT2D eigenvalue weighted by molar-refractivity contribution is 7.86. The lowest BCUT2D eigenvalue weighted by molar-refractivity contribution is -0.203. The molecule has 0 aliphatic carbocycles. The Balaban J connectivity index is 1.47. The second-order valence-corrected chi connectivity index (χ2v) is 12.2. The number of aromatic nitrogens is 2. The lowest BCUT2D eigenvalue weighted by Crippen LogP contribution is -2.49. The van der Waals surface area contributed by atoms with Crippen LogP contribution in [-0.2, 0) is 34.1 Å². The number of rotatable bonds is 9. The smallest absolute Gasteiger partial charge is 0.330 e. The van der Waals surface area contributed by atoms with Crippen molar-refractivity contribution in [1.29, 1.82) is 0 Å². The number of aromatic amines is 1. The van der Waals surface area contributed by atoms with E-state index in [1.165, 1.54) is 10.8 Å². The van der Waals surface area contributed by atoms with Crippen LogP contribution >= 0.6 is 0 Å². The second-order valence-electron chi connectivity index (χ2n) is 10.6. The van der Waals surface area contributed by atoms with Crippen molar-refractivity contribution in [2.24, 2.45) is 0 Å². The first kappa shape index (κ1) is 28.3. The number of H-pyrrole nitrogens is 1. The van der Waals surface area contributed by atoms with Crippen molar-refractivity contribution in [1.82, 2.24) is 9.55 Å². The zero-order chi connectivity index (χ0) is 29.5. The average molecular weight is 591 g/mol. The molecule has 0 unspecified atom stereocenters. The van der Waals surface area contributed by atoms with Gasteiger partial charge in [-0.25, -0.2) is 4.79 Å². The van der Waals surface area contributed by atoms with Gasteiger partial charge in [0.2, 0.25) is 0 Å². The summed E-state index contributed by atoms with van der Waals surface area (Å²) in [6.07, 6.45) is -0.851. The highest BCUT2D eigenvalue weighted by Gasteiger charge is 2.65. The molecule has 2 saturated heterocycles. The molecule has 2 fully saturated rings. The zero-order valence-corrected chi connectivity index (χ0v) is 23.8. The van der Waals surface area contributed by atoms with E-state index in [9.17, 15) is 18.0 Å². The first-order chi connectivity index (χ1) is 20.1. The summed E-state index contributed by atoms with van der Waals surface area (Å²) in [6.45, 7) is 1.36. The molecule has 218 valence electrons. The van der Waals surface area contributed by atoms with Crippen LogP contribution in [-0.4, -0.2) is 55.2 Å². The summed E-state index contributed by atoms with van der Waals surface area (Å²) in [7, 11) is -3.97. The SMILES string of the molecule is Cc1cn([C@@H]2O[C@@]3(COC(c4ccccc4)(c4ccccc4)c4ccccc4)CO[C@@H]2[C@@H]3OS(C)(=O)=O)c(=O)[nH]c1=O. The number of benzene rings is 3. The van der Waals surface area contributed by atoms with Crippen LogP contribution in [0.2, 0.25) is 0 Å². The van der Waals surface area contributed by atoms with Gasteiger partial charge in [-0.1, -0.05) is 91.0 Å². The molecule has 2 aliphatic heterocycles. The highest BCUT2D eigenvalue weighted by atomic mass is 32.2. The topological polar surface area (TPSA) is 126 Å². The van der Waals surface area contributed by atoms with Gasteiger partial charge in [-0.2, -0.15) is 8.42 Å². The lowest BCUT2D eigenvalue weighted by atomic mass is 9.80. The number of ether oxygens (including phenoxy) is 3. The van der Waals surface area contributed by atoms with E-state index in [-0.39, 0.29) is 18.8 Å². The summed E-state index contributed by atoms with van der Waals surface area (Å²) in [5.74, 6) is 0. The van der Waals surface area contributed by atoms with Crippen molar-refractivity contribution < 1.29 is 26.8 Å². The van der Waals surface area contributed by atoms with Crippen molar-refractivity contribution in [3.8, 4) is 0 Å². The fourth-order valence-electron chi connectivity index (χ4n) is 5.82. The largest absolute Gasteiger partial charge is 0.367 e. The van der Waals surface area contributed by atoms with Crippen LogP contribution in [0.5, 0.6) is 0 Å². The molecule has 11 heteroatoms. The van der Waals surface area contributed by atoms with Crippen molar-refractivity contribution in [3.05, 3.63) is 140 Å². The van der Waals surface area contributed by atoms with Gasteiger partial charge in [-0.3, -0.25) is 18.5 Å². The average Bonchev–Trinajstić information content (AvgIpc) is 3.47. The van der Waals surface area contributed by atoms with Crippen LogP contribution in [0.15, 0.2) is 107 Å². The Morgan fingerprint density at radius 3 is 1.95 bits per heavy atom. The molecule has 2 aliphatic rings. The van der Waals surface area contributed by atoms with E-state index in [1.807, 2.05) is 91.0 Å². The van der Waals surface area contributed by atoms with E-state index in [1.54, 1.807) is 6.92 Å². The summed E-state index contributed by atoms with van der Waals surface area (Å²) < 4.78 is 51.1. The van der Waals surface area contributed by atoms with Gasteiger partial charge in [-0.15, -0.1) is 0 Å². The van der Waals surface area contributed by atoms with E-state index < -0.39 is 51.0 Å². The minimum atomic E-state index is -3.97. The molecule has 42 heavy (non-hydrogen) atoms. The molecule has 0 saturated carbocycles. The quantitative estimate of drug-likeness (QED) is 0.233. The number of hydrogen-bond acceptors (Lipinski definition) is 8. The maximum absolute atomic E-state index is 12.8. The molecule has 10 nitrogen and oxygen atoms in total. The lowest BCUT2D eigenvalue weighted by Gasteiger charge is -2.40. The molecule has 2 bridgehead atoms. The van der Waals surface area contributed by atoms with Crippen molar-refractivity contribution in [2.45, 2.75) is 36.6 Å². The molecule has 6 rings (SSSR count). The molecule has 0 radical (unpaired) electrons. The minimum Gasteiger partial charge on any atom is -0.367 e. The third-order valence-corrected chi connectivity index (χ3v) is 8.30. The molecule has 1 aromatic heterocycles. The minimum absolute atomic E-state index is 0.0418. The third-order valence-electron chi connectivity index (χ3n) is 7.75. The summed E-state index contributed by atoms with van der Waals surface area (Å²) in [5, 5.41) is 0. The van der Waals surface area contributed by atoms with E-state index >= 15 is 0 Å². The summed E-state index contributed by atoms with van der Waals surface area (Å²) in [4.78, 5) is 27.1. The standard InChI is InChI=1S/C31H30N2O8S/c1-21-18-33(29(35)32-27(21)34)28-25-26(41-42(2,36)37)30(40-28,19-38-25)20-39-31(22-12-6-3-7-13-22,23-14-8-4-9-15-23)24-16-10-5-11-17-24/h3-18,25-26,28H,19-20H2,1-2H3,(H,32,34,35)/t25-,26+,28-,30-/m1/s1. The van der Waals surface area contributed by atoms with E-state index in [0.717, 1.165) is 22.9 Å². The van der Waals surface area contributed by atoms with Crippen LogP contribution in [0.3, 0.4) is 0 Å². The summed E-state index contributed by atoms with van der Waals surface area (Å²) >= 11 is 0. The van der Waals surface area contributed by atoms with Crippen LogP contribution in [0, 0.1) is 6.92 Å². The van der Waals surface area contributed by atoms with Gasteiger partial charge in [0.1, 0.15) is 23.4 Å². The number of aryl methyl sites for hydroxylation is 1. The molecule has 1 N–H and O–H groups in total. The van der Waals surface area contributed by atoms with E-state index in [2.05, 4.69) is 4.98 Å². The molecular formula is C31H30N2O8S. The molecular weight excluding hydrogens is 560 g/mol. The molecule has 4 atom stereocenters. The molecule has 3 aromatic carbocycles. The molecule has 4 aromatic rings. The fourth-order valence-corrected chi connectivity index (χ4v) is 6.49. The maximum atomic E-state index is 12.8. The monoisotopic (exact) mass is 590 g/mol. The predicted octanol–water partition coefficient (Wildman–Crippen LogP) is 2.86. The second kappa shape index (κ2) is 10.8. The zero-order valence-electron chi connectivity index (χ0n) is 23.0. The van der Waals surface area contributed by atoms with Gasteiger partial charge in [-0.05, 0) is 23.6 Å². The van der Waals surface area contributed by atoms with Crippen LogP contribution in [0.25, 0.3) is 0 Å². The molecule has 0 amide bonds. The van der Waals surface area contributed by atoms with Crippen molar-refractivity contribution >= 4 is 10.1 Å². The van der Waals surface area contributed by atoms with Crippen LogP contribution in [0.4, 0.5) is 0 Å². The maximum Gasteiger partial charge on any atom is 0.330 e. The van der Waals surface area contributed by atoms with Crippen LogP contribution < -0.4 is 11.2 Å².